The number of piperazine rings is 1. The summed E-state index contributed by atoms with van der Waals surface area (Å²) in [6.07, 6.45) is 3.66. The van der Waals surface area contributed by atoms with Crippen LogP contribution < -0.4 is 10.2 Å². The molecule has 2 aliphatic rings. The van der Waals surface area contributed by atoms with Crippen LogP contribution in [0, 0.1) is 0 Å². The lowest BCUT2D eigenvalue weighted by Crippen LogP contribution is -2.49. The minimum atomic E-state index is -0.978. The standard InChI is InChI=1S/C27H26N6O4/c1-18(33-25(36)21-5-2-3-6-22(21)26(33)37)24(35)30-20-9-7-19(8-10-20)17-23(34)31-13-15-32(16-14-31)27-28-11-4-12-29-27/h2-12,18H,13-17H2,1H3,(H,30,35). The van der Waals surface area contributed by atoms with Crippen LogP contribution in [0.4, 0.5) is 11.6 Å². The Balaban J connectivity index is 1.14. The Morgan fingerprint density at radius 2 is 1.46 bits per heavy atom. The van der Waals surface area contributed by atoms with Crippen LogP contribution >= 0.6 is 0 Å². The number of nitrogens with one attached hydrogen (secondary N) is 1. The van der Waals surface area contributed by atoms with Crippen molar-refractivity contribution >= 4 is 35.3 Å². The van der Waals surface area contributed by atoms with E-state index in [0.717, 1.165) is 10.5 Å². The molecule has 4 amide bonds. The van der Waals surface area contributed by atoms with Gasteiger partial charge in [0.2, 0.25) is 17.8 Å². The number of fused-ring (bicyclic) bond motifs is 1. The summed E-state index contributed by atoms with van der Waals surface area (Å²) in [6.45, 7) is 4.06. The van der Waals surface area contributed by atoms with Crippen LogP contribution in [0.3, 0.4) is 0 Å². The summed E-state index contributed by atoms with van der Waals surface area (Å²) in [7, 11) is 0. The third-order valence-corrected chi connectivity index (χ3v) is 6.64. The van der Waals surface area contributed by atoms with Crippen LogP contribution in [0.2, 0.25) is 0 Å². The Morgan fingerprint density at radius 3 is 2.05 bits per heavy atom. The van der Waals surface area contributed by atoms with E-state index < -0.39 is 23.8 Å². The van der Waals surface area contributed by atoms with E-state index in [9.17, 15) is 19.2 Å². The first-order valence-electron chi connectivity index (χ1n) is 12.1. The van der Waals surface area contributed by atoms with Gasteiger partial charge in [0, 0.05) is 44.3 Å². The maximum Gasteiger partial charge on any atom is 0.262 e. The molecule has 5 rings (SSSR count). The first kappa shape index (κ1) is 24.1. The van der Waals surface area contributed by atoms with Crippen molar-refractivity contribution in [2.45, 2.75) is 19.4 Å². The van der Waals surface area contributed by atoms with Crippen molar-refractivity contribution in [3.8, 4) is 0 Å². The molecule has 1 atom stereocenters. The van der Waals surface area contributed by atoms with Crippen molar-refractivity contribution in [2.75, 3.05) is 36.4 Å². The van der Waals surface area contributed by atoms with E-state index in [-0.39, 0.29) is 12.3 Å². The molecule has 0 radical (unpaired) electrons. The summed E-state index contributed by atoms with van der Waals surface area (Å²) in [6, 6.07) is 14.3. The van der Waals surface area contributed by atoms with Crippen LogP contribution in [0.25, 0.3) is 0 Å². The molecule has 1 aromatic heterocycles. The zero-order valence-electron chi connectivity index (χ0n) is 20.3. The molecule has 1 saturated heterocycles. The number of anilines is 2. The van der Waals surface area contributed by atoms with Crippen LogP contribution in [0.15, 0.2) is 67.0 Å². The molecule has 0 aliphatic carbocycles. The number of amides is 4. The van der Waals surface area contributed by atoms with Gasteiger partial charge in [0.05, 0.1) is 17.5 Å². The maximum absolute atomic E-state index is 12.8. The second kappa shape index (κ2) is 10.2. The molecule has 3 aromatic rings. The van der Waals surface area contributed by atoms with Gasteiger partial charge >= 0.3 is 0 Å². The van der Waals surface area contributed by atoms with Gasteiger partial charge in [-0.2, -0.15) is 0 Å². The van der Waals surface area contributed by atoms with E-state index in [1.54, 1.807) is 67.0 Å². The van der Waals surface area contributed by atoms with Crippen LogP contribution in [0.1, 0.15) is 33.2 Å². The number of nitrogens with zero attached hydrogens (tertiary/aromatic N) is 5. The van der Waals surface area contributed by atoms with Gasteiger partial charge in [-0.15, -0.1) is 0 Å². The minimum absolute atomic E-state index is 0.0321. The molecule has 3 heterocycles. The van der Waals surface area contributed by atoms with E-state index in [4.69, 9.17) is 0 Å². The first-order valence-corrected chi connectivity index (χ1v) is 12.1. The molecule has 1 fully saturated rings. The van der Waals surface area contributed by atoms with Crippen LogP contribution in [-0.2, 0) is 16.0 Å². The topological polar surface area (TPSA) is 116 Å². The highest BCUT2D eigenvalue weighted by Crippen LogP contribution is 2.25. The SMILES string of the molecule is CC(C(=O)Nc1ccc(CC(=O)N2CCN(c3ncccn3)CC2)cc1)N1C(=O)c2ccccc2C1=O. The Morgan fingerprint density at radius 1 is 0.865 bits per heavy atom. The molecule has 10 heteroatoms. The lowest BCUT2D eigenvalue weighted by molar-refractivity contribution is -0.130. The summed E-state index contributed by atoms with van der Waals surface area (Å²) in [5.74, 6) is -0.726. The van der Waals surface area contributed by atoms with Crippen molar-refractivity contribution in [1.29, 1.82) is 0 Å². The molecule has 2 aliphatic heterocycles. The quantitative estimate of drug-likeness (QED) is 0.517. The highest BCUT2D eigenvalue weighted by molar-refractivity contribution is 6.23. The van der Waals surface area contributed by atoms with Gasteiger partial charge in [-0.25, -0.2) is 9.97 Å². The fourth-order valence-corrected chi connectivity index (χ4v) is 4.53. The summed E-state index contributed by atoms with van der Waals surface area (Å²) < 4.78 is 0. The Labute approximate surface area is 213 Å². The van der Waals surface area contributed by atoms with Crippen molar-refractivity contribution in [1.82, 2.24) is 19.8 Å². The van der Waals surface area contributed by atoms with Crippen molar-refractivity contribution in [3.05, 3.63) is 83.7 Å². The molecular weight excluding hydrogens is 472 g/mol. The minimum Gasteiger partial charge on any atom is -0.339 e. The average Bonchev–Trinajstić information content (AvgIpc) is 3.19. The number of rotatable bonds is 6. The van der Waals surface area contributed by atoms with E-state index in [2.05, 4.69) is 20.2 Å². The largest absolute Gasteiger partial charge is 0.339 e. The molecule has 0 saturated carbocycles. The molecular formula is C27H26N6O4. The zero-order chi connectivity index (χ0) is 25.9. The lowest BCUT2D eigenvalue weighted by Gasteiger charge is -2.34. The van der Waals surface area contributed by atoms with E-state index in [1.807, 2.05) is 4.90 Å². The summed E-state index contributed by atoms with van der Waals surface area (Å²) in [4.78, 5) is 64.3. The maximum atomic E-state index is 12.8. The highest BCUT2D eigenvalue weighted by atomic mass is 16.2. The number of benzene rings is 2. The van der Waals surface area contributed by atoms with Crippen LogP contribution in [-0.4, -0.2) is 75.6 Å². The number of carbonyl (C=O) groups is 4. The predicted octanol–water partition coefficient (Wildman–Crippen LogP) is 1.99. The number of aromatic nitrogens is 2. The Kier molecular flexibility index (Phi) is 6.63. The summed E-state index contributed by atoms with van der Waals surface area (Å²) in [5.41, 5.74) is 1.94. The third kappa shape index (κ3) is 4.90. The van der Waals surface area contributed by atoms with E-state index >= 15 is 0 Å². The van der Waals surface area contributed by atoms with Crippen molar-refractivity contribution < 1.29 is 19.2 Å². The Hall–Kier alpha value is -4.60. The smallest absolute Gasteiger partial charge is 0.262 e. The molecule has 1 unspecified atom stereocenters. The van der Waals surface area contributed by atoms with Gasteiger partial charge in [-0.3, -0.25) is 24.1 Å². The second-order valence-electron chi connectivity index (χ2n) is 8.98. The predicted molar refractivity (Wildman–Crippen MR) is 136 cm³/mol. The number of hydrogen-bond acceptors (Lipinski definition) is 7. The van der Waals surface area contributed by atoms with E-state index in [1.165, 1.54) is 6.92 Å². The summed E-state index contributed by atoms with van der Waals surface area (Å²) in [5, 5.41) is 2.75. The second-order valence-corrected chi connectivity index (χ2v) is 8.98. The number of hydrogen-bond donors (Lipinski definition) is 1. The normalized spacial score (nSPS) is 16.0. The average molecular weight is 499 g/mol. The van der Waals surface area contributed by atoms with Gasteiger partial charge in [-0.1, -0.05) is 24.3 Å². The number of imide groups is 1. The van der Waals surface area contributed by atoms with Gasteiger partial charge < -0.3 is 15.1 Å². The molecule has 2 aromatic carbocycles. The zero-order valence-corrected chi connectivity index (χ0v) is 20.3. The molecule has 0 bridgehead atoms. The molecule has 0 spiro atoms. The lowest BCUT2D eigenvalue weighted by atomic mass is 10.1. The molecule has 10 nitrogen and oxygen atoms in total. The van der Waals surface area contributed by atoms with Crippen molar-refractivity contribution in [3.63, 3.8) is 0 Å². The Bertz CT molecular complexity index is 1300. The first-order chi connectivity index (χ1) is 17.9. The fourth-order valence-electron chi connectivity index (χ4n) is 4.53. The van der Waals surface area contributed by atoms with Crippen LogP contribution in [0.5, 0.6) is 0 Å². The highest BCUT2D eigenvalue weighted by Gasteiger charge is 2.40. The fraction of sp³-hybridized carbons (Fsp3) is 0.259. The van der Waals surface area contributed by atoms with Gasteiger partial charge in [0.1, 0.15) is 6.04 Å². The summed E-state index contributed by atoms with van der Waals surface area (Å²) >= 11 is 0. The molecule has 188 valence electrons. The van der Waals surface area contributed by atoms with Gasteiger partial charge in [0.15, 0.2) is 0 Å². The van der Waals surface area contributed by atoms with Crippen molar-refractivity contribution in [2.24, 2.45) is 0 Å². The number of carbonyl (C=O) groups excluding carboxylic acids is 4. The van der Waals surface area contributed by atoms with Gasteiger partial charge in [-0.05, 0) is 42.8 Å². The third-order valence-electron chi connectivity index (χ3n) is 6.64. The monoisotopic (exact) mass is 498 g/mol. The molecule has 1 N–H and O–H groups in total. The van der Waals surface area contributed by atoms with E-state index in [0.29, 0.717) is 48.9 Å². The van der Waals surface area contributed by atoms with Gasteiger partial charge in [0.25, 0.3) is 11.8 Å². The molecule has 37 heavy (non-hydrogen) atoms.